The number of imidazole rings is 1. The lowest BCUT2D eigenvalue weighted by molar-refractivity contribution is -0.384. The molecule has 0 aliphatic carbocycles. The maximum Gasteiger partial charge on any atom is 0.338 e. The number of esters is 1. The van der Waals surface area contributed by atoms with E-state index in [2.05, 4.69) is 9.72 Å². The van der Waals surface area contributed by atoms with Crippen molar-refractivity contribution in [2.75, 3.05) is 14.2 Å². The monoisotopic (exact) mass is 368 g/mol. The van der Waals surface area contributed by atoms with Crippen LogP contribution in [0, 0.1) is 10.1 Å². The molecular weight excluding hydrogens is 354 g/mol. The molecule has 2 rings (SSSR count). The van der Waals surface area contributed by atoms with E-state index in [0.717, 1.165) is 36.4 Å². The second kappa shape index (κ2) is 7.68. The lowest BCUT2D eigenvalue weighted by Crippen LogP contribution is -2.28. The van der Waals surface area contributed by atoms with E-state index in [0.29, 0.717) is 4.57 Å². The average molecular weight is 368 g/mol. The van der Waals surface area contributed by atoms with Crippen molar-refractivity contribution in [2.45, 2.75) is 13.1 Å². The van der Waals surface area contributed by atoms with Gasteiger partial charge in [0.25, 0.3) is 11.6 Å². The van der Waals surface area contributed by atoms with Crippen LogP contribution < -0.4 is 0 Å². The molecule has 0 saturated heterocycles. The van der Waals surface area contributed by atoms with Crippen molar-refractivity contribution in [3.05, 3.63) is 57.7 Å². The van der Waals surface area contributed by atoms with Crippen LogP contribution in [-0.2, 0) is 11.3 Å². The van der Waals surface area contributed by atoms with Crippen LogP contribution in [0.3, 0.4) is 0 Å². The van der Waals surface area contributed by atoms with Gasteiger partial charge in [0, 0.05) is 37.1 Å². The molecule has 1 heterocycles. The zero-order valence-corrected chi connectivity index (χ0v) is 13.8. The molecule has 1 aromatic heterocycles. The molecule has 0 spiro atoms. The summed E-state index contributed by atoms with van der Waals surface area (Å²) in [6.07, 6.45) is 2.24. The number of hydrogen-bond donors (Lipinski definition) is 0. The number of carbonyl (C=O) groups excluding carboxylic acids is 2. The first-order chi connectivity index (χ1) is 12.2. The van der Waals surface area contributed by atoms with E-state index >= 15 is 0 Å². The predicted octanol–water partition coefficient (Wildman–Crippen LogP) is 2.25. The summed E-state index contributed by atoms with van der Waals surface area (Å²) in [5.41, 5.74) is -0.802. The number of carbonyl (C=O) groups is 2. The maximum atomic E-state index is 12.9. The van der Waals surface area contributed by atoms with Crippen molar-refractivity contribution in [2.24, 2.45) is 0 Å². The molecule has 0 fully saturated rings. The number of rotatable bonds is 6. The van der Waals surface area contributed by atoms with Gasteiger partial charge >= 0.3 is 12.5 Å². The molecule has 0 radical (unpaired) electrons. The Morgan fingerprint density at radius 2 is 2.00 bits per heavy atom. The van der Waals surface area contributed by atoms with Gasteiger partial charge in [-0.1, -0.05) is 0 Å². The van der Waals surface area contributed by atoms with E-state index in [1.165, 1.54) is 13.2 Å². The van der Waals surface area contributed by atoms with Crippen molar-refractivity contribution in [1.29, 1.82) is 0 Å². The van der Waals surface area contributed by atoms with E-state index in [-0.39, 0.29) is 23.5 Å². The molecule has 0 saturated carbocycles. The Kier molecular flexibility index (Phi) is 5.60. The minimum absolute atomic E-state index is 0.0607. The molecular formula is C15H14F2N4O5. The Bertz CT molecular complexity index is 852. The number of ether oxygens (including phenoxy) is 1. The van der Waals surface area contributed by atoms with Gasteiger partial charge in [0.2, 0.25) is 0 Å². The summed E-state index contributed by atoms with van der Waals surface area (Å²) in [6, 6.07) is 3.11. The summed E-state index contributed by atoms with van der Waals surface area (Å²) in [5.74, 6) is -1.62. The van der Waals surface area contributed by atoms with Crippen LogP contribution in [0.15, 0.2) is 30.6 Å². The van der Waals surface area contributed by atoms with Crippen LogP contribution in [0.25, 0.3) is 0 Å². The normalized spacial score (nSPS) is 10.7. The second-order valence-electron chi connectivity index (χ2n) is 5.21. The van der Waals surface area contributed by atoms with Crippen LogP contribution in [0.2, 0.25) is 0 Å². The Morgan fingerprint density at radius 3 is 2.58 bits per heavy atom. The highest BCUT2D eigenvalue weighted by Crippen LogP contribution is 2.20. The number of hydrogen-bond acceptors (Lipinski definition) is 6. The third-order valence-electron chi connectivity index (χ3n) is 3.48. The SMILES string of the molecule is COC(=O)c1cc(C(=O)N(C)Cc2nccn2C(F)F)cc([N+](=O)[O-])c1. The van der Waals surface area contributed by atoms with Gasteiger partial charge in [-0.2, -0.15) is 8.78 Å². The highest BCUT2D eigenvalue weighted by atomic mass is 19.3. The molecule has 1 aromatic carbocycles. The van der Waals surface area contributed by atoms with Crippen molar-refractivity contribution in [3.63, 3.8) is 0 Å². The predicted molar refractivity (Wildman–Crippen MR) is 83.7 cm³/mol. The molecule has 0 N–H and O–H groups in total. The molecule has 0 atom stereocenters. The molecule has 0 aliphatic rings. The third-order valence-corrected chi connectivity index (χ3v) is 3.48. The van der Waals surface area contributed by atoms with E-state index < -0.39 is 29.0 Å². The standard InChI is InChI=1S/C15H14F2N4O5/c1-19(8-12-18-3-4-20(12)15(16)17)13(22)9-5-10(14(23)26-2)7-11(6-9)21(24)25/h3-7,15H,8H2,1-2H3. The largest absolute Gasteiger partial charge is 0.465 e. The topological polar surface area (TPSA) is 108 Å². The van der Waals surface area contributed by atoms with Gasteiger partial charge in [0.1, 0.15) is 5.82 Å². The summed E-state index contributed by atoms with van der Waals surface area (Å²) in [5, 5.41) is 11.0. The first-order valence-electron chi connectivity index (χ1n) is 7.17. The number of nitro benzene ring substituents is 1. The van der Waals surface area contributed by atoms with Gasteiger partial charge < -0.3 is 9.64 Å². The Hall–Kier alpha value is -3.37. The summed E-state index contributed by atoms with van der Waals surface area (Å²) >= 11 is 0. The highest BCUT2D eigenvalue weighted by Gasteiger charge is 2.22. The summed E-state index contributed by atoms with van der Waals surface area (Å²) in [4.78, 5) is 39.2. The number of benzene rings is 1. The number of aromatic nitrogens is 2. The molecule has 2 aromatic rings. The van der Waals surface area contributed by atoms with E-state index in [9.17, 15) is 28.5 Å². The molecule has 0 bridgehead atoms. The first kappa shape index (κ1) is 19.0. The fourth-order valence-electron chi connectivity index (χ4n) is 2.22. The number of halogens is 2. The number of amides is 1. The number of non-ortho nitro benzene ring substituents is 1. The Balaban J connectivity index is 2.32. The van der Waals surface area contributed by atoms with Crippen molar-refractivity contribution < 1.29 is 28.0 Å². The van der Waals surface area contributed by atoms with Crippen molar-refractivity contribution in [1.82, 2.24) is 14.5 Å². The highest BCUT2D eigenvalue weighted by molar-refractivity contribution is 5.98. The van der Waals surface area contributed by atoms with Crippen LogP contribution >= 0.6 is 0 Å². The molecule has 11 heteroatoms. The number of nitrogens with zero attached hydrogens (tertiary/aromatic N) is 4. The zero-order valence-electron chi connectivity index (χ0n) is 13.8. The van der Waals surface area contributed by atoms with Crippen LogP contribution in [0.4, 0.5) is 14.5 Å². The fourth-order valence-corrected chi connectivity index (χ4v) is 2.22. The molecule has 26 heavy (non-hydrogen) atoms. The van der Waals surface area contributed by atoms with E-state index in [4.69, 9.17) is 0 Å². The minimum Gasteiger partial charge on any atom is -0.465 e. The number of alkyl halides is 2. The third kappa shape index (κ3) is 3.99. The smallest absolute Gasteiger partial charge is 0.338 e. The van der Waals surface area contributed by atoms with Crippen molar-refractivity contribution >= 4 is 17.6 Å². The molecule has 0 unspecified atom stereocenters. The van der Waals surface area contributed by atoms with Gasteiger partial charge in [-0.15, -0.1) is 0 Å². The van der Waals surface area contributed by atoms with Crippen molar-refractivity contribution in [3.8, 4) is 0 Å². The quantitative estimate of drug-likeness (QED) is 0.440. The van der Waals surface area contributed by atoms with E-state index in [1.807, 2.05) is 0 Å². The molecule has 0 aliphatic heterocycles. The summed E-state index contributed by atoms with van der Waals surface area (Å²) in [7, 11) is 2.42. The molecule has 1 amide bonds. The number of methoxy groups -OCH3 is 1. The van der Waals surface area contributed by atoms with Gasteiger partial charge in [-0.3, -0.25) is 19.5 Å². The fraction of sp³-hybridized carbons (Fsp3) is 0.267. The minimum atomic E-state index is -2.82. The summed E-state index contributed by atoms with van der Waals surface area (Å²) < 4.78 is 30.8. The Labute approximate surface area is 145 Å². The second-order valence-corrected chi connectivity index (χ2v) is 5.21. The molecule has 9 nitrogen and oxygen atoms in total. The van der Waals surface area contributed by atoms with Gasteiger partial charge in [0.15, 0.2) is 0 Å². The summed E-state index contributed by atoms with van der Waals surface area (Å²) in [6.45, 7) is -3.08. The van der Waals surface area contributed by atoms with E-state index in [1.54, 1.807) is 0 Å². The van der Waals surface area contributed by atoms with Gasteiger partial charge in [0.05, 0.1) is 24.1 Å². The first-order valence-corrected chi connectivity index (χ1v) is 7.17. The van der Waals surface area contributed by atoms with Crippen LogP contribution in [0.1, 0.15) is 33.1 Å². The zero-order chi connectivity index (χ0) is 19.4. The number of nitro groups is 1. The van der Waals surface area contributed by atoms with Crippen LogP contribution in [-0.4, -0.2) is 45.4 Å². The Morgan fingerprint density at radius 1 is 1.35 bits per heavy atom. The van der Waals surface area contributed by atoms with Gasteiger partial charge in [-0.25, -0.2) is 9.78 Å². The lowest BCUT2D eigenvalue weighted by atomic mass is 10.1. The molecule has 138 valence electrons. The lowest BCUT2D eigenvalue weighted by Gasteiger charge is -2.18. The van der Waals surface area contributed by atoms with Gasteiger partial charge in [-0.05, 0) is 6.07 Å². The van der Waals surface area contributed by atoms with Crippen LogP contribution in [0.5, 0.6) is 0 Å². The average Bonchev–Trinajstić information content (AvgIpc) is 3.08. The maximum absolute atomic E-state index is 12.9.